The van der Waals surface area contributed by atoms with Gasteiger partial charge in [-0.15, -0.1) is 10.2 Å². The summed E-state index contributed by atoms with van der Waals surface area (Å²) in [5, 5.41) is 26.3. The number of benzene rings is 1. The molecule has 210 valence electrons. The van der Waals surface area contributed by atoms with Crippen LogP contribution < -0.4 is 15.4 Å². The van der Waals surface area contributed by atoms with Gasteiger partial charge in [-0.1, -0.05) is 13.2 Å². The molecule has 0 aliphatic heterocycles. The molecular formula is C25H32N6O6S2. The molecule has 0 saturated heterocycles. The molecule has 12 nitrogen and oxygen atoms in total. The summed E-state index contributed by atoms with van der Waals surface area (Å²) in [6.07, 6.45) is 0.653. The Hall–Kier alpha value is -3.80. The third-order valence-electron chi connectivity index (χ3n) is 5.54. The minimum atomic E-state index is -3.71. The zero-order valence-corrected chi connectivity index (χ0v) is 23.9. The fraction of sp³-hybridized carbons (Fsp3) is 0.360. The van der Waals surface area contributed by atoms with Gasteiger partial charge in [0.25, 0.3) is 0 Å². The van der Waals surface area contributed by atoms with Crippen LogP contribution in [0.4, 0.5) is 23.0 Å². The summed E-state index contributed by atoms with van der Waals surface area (Å²) >= 11 is 0. The van der Waals surface area contributed by atoms with Crippen LogP contribution in [0.5, 0.6) is 5.75 Å². The predicted octanol–water partition coefficient (Wildman–Crippen LogP) is 4.33. The number of pyridine rings is 1. The second-order valence-corrected chi connectivity index (χ2v) is 12.1. The van der Waals surface area contributed by atoms with Crippen molar-refractivity contribution in [2.24, 2.45) is 10.2 Å². The number of ether oxygens (including phenoxy) is 2. The Morgan fingerprint density at radius 1 is 1.05 bits per heavy atom. The molecule has 0 fully saturated rings. The summed E-state index contributed by atoms with van der Waals surface area (Å²) in [5.74, 6) is 0.445. The zero-order chi connectivity index (χ0) is 29.2. The third kappa shape index (κ3) is 8.09. The maximum atomic E-state index is 12.3. The van der Waals surface area contributed by atoms with Gasteiger partial charge in [0.2, 0.25) is 0 Å². The monoisotopic (exact) mass is 576 g/mol. The summed E-state index contributed by atoms with van der Waals surface area (Å²) in [4.78, 5) is 4.53. The van der Waals surface area contributed by atoms with Crippen LogP contribution >= 0.6 is 0 Å². The van der Waals surface area contributed by atoms with Crippen molar-refractivity contribution in [3.05, 3.63) is 52.8 Å². The third-order valence-corrected chi connectivity index (χ3v) is 8.31. The number of nitrogens with zero attached hydrogens (tertiary/aromatic N) is 4. The molecule has 2 rings (SSSR count). The van der Waals surface area contributed by atoms with Crippen molar-refractivity contribution in [2.45, 2.75) is 25.2 Å². The summed E-state index contributed by atoms with van der Waals surface area (Å²) in [7, 11) is -4.19. The van der Waals surface area contributed by atoms with E-state index in [0.717, 1.165) is 10.8 Å². The number of hydrogen-bond acceptors (Lipinski definition) is 12. The van der Waals surface area contributed by atoms with Crippen LogP contribution in [0.2, 0.25) is 0 Å². The highest BCUT2D eigenvalue weighted by atomic mass is 32.2. The SMILES string of the molecule is C=CS(=O)(=O)CCNc1nc(NCCCOC)c(/N=N/c2cc(C)c(S(=O)(=O)C=C)cc2OC)c(C)c1C#N. The molecule has 2 aromatic rings. The van der Waals surface area contributed by atoms with Crippen molar-refractivity contribution < 1.29 is 26.3 Å². The maximum Gasteiger partial charge on any atom is 0.199 e. The molecule has 14 heteroatoms. The number of methoxy groups -OCH3 is 2. The van der Waals surface area contributed by atoms with Gasteiger partial charge in [0.15, 0.2) is 25.5 Å². The Kier molecular flexibility index (Phi) is 11.1. The van der Waals surface area contributed by atoms with E-state index in [0.29, 0.717) is 36.5 Å². The number of azo groups is 1. The number of hydrogen-bond donors (Lipinski definition) is 2. The first-order chi connectivity index (χ1) is 18.4. The van der Waals surface area contributed by atoms with Crippen molar-refractivity contribution in [3.8, 4) is 11.8 Å². The molecule has 0 aliphatic rings. The molecule has 0 spiro atoms. The second-order valence-electron chi connectivity index (χ2n) is 8.20. The molecule has 0 saturated carbocycles. The van der Waals surface area contributed by atoms with Crippen LogP contribution in [0.25, 0.3) is 0 Å². The highest BCUT2D eigenvalue weighted by molar-refractivity contribution is 7.94. The second kappa shape index (κ2) is 13.8. The molecule has 0 atom stereocenters. The van der Waals surface area contributed by atoms with E-state index in [4.69, 9.17) is 9.47 Å². The molecule has 39 heavy (non-hydrogen) atoms. The lowest BCUT2D eigenvalue weighted by Crippen LogP contribution is -2.16. The Morgan fingerprint density at radius 3 is 2.33 bits per heavy atom. The van der Waals surface area contributed by atoms with Crippen molar-refractivity contribution in [1.82, 2.24) is 4.98 Å². The topological polar surface area (TPSA) is 172 Å². The number of sulfone groups is 2. The number of nitriles is 1. The number of aryl methyl sites for hydroxylation is 1. The lowest BCUT2D eigenvalue weighted by atomic mass is 10.1. The first-order valence-electron chi connectivity index (χ1n) is 11.7. The van der Waals surface area contributed by atoms with Crippen molar-refractivity contribution in [1.29, 1.82) is 5.26 Å². The Balaban J connectivity index is 2.58. The van der Waals surface area contributed by atoms with Gasteiger partial charge in [-0.25, -0.2) is 21.8 Å². The molecular weight excluding hydrogens is 544 g/mol. The number of rotatable bonds is 15. The lowest BCUT2D eigenvalue weighted by Gasteiger charge is -2.16. The lowest BCUT2D eigenvalue weighted by molar-refractivity contribution is 0.198. The van der Waals surface area contributed by atoms with Gasteiger partial charge in [0.1, 0.15) is 29.0 Å². The van der Waals surface area contributed by atoms with Crippen LogP contribution in [0, 0.1) is 25.2 Å². The minimum absolute atomic E-state index is 0.00981. The molecule has 0 unspecified atom stereocenters. The van der Waals surface area contributed by atoms with E-state index in [1.54, 1.807) is 21.0 Å². The molecule has 1 aromatic heterocycles. The zero-order valence-electron chi connectivity index (χ0n) is 22.3. The van der Waals surface area contributed by atoms with E-state index in [1.807, 2.05) is 0 Å². The van der Waals surface area contributed by atoms with Crippen molar-refractivity contribution >= 4 is 42.7 Å². The van der Waals surface area contributed by atoms with Crippen LogP contribution in [0.15, 0.2) is 51.2 Å². The Morgan fingerprint density at radius 2 is 1.74 bits per heavy atom. The van der Waals surface area contributed by atoms with Gasteiger partial charge >= 0.3 is 0 Å². The molecule has 0 radical (unpaired) electrons. The average molecular weight is 577 g/mol. The maximum absolute atomic E-state index is 12.3. The molecule has 2 N–H and O–H groups in total. The first kappa shape index (κ1) is 31.4. The normalized spacial score (nSPS) is 11.7. The minimum Gasteiger partial charge on any atom is -0.494 e. The van der Waals surface area contributed by atoms with E-state index in [9.17, 15) is 22.1 Å². The highest BCUT2D eigenvalue weighted by Gasteiger charge is 2.20. The highest BCUT2D eigenvalue weighted by Crippen LogP contribution is 2.38. The van der Waals surface area contributed by atoms with Gasteiger partial charge in [-0.3, -0.25) is 0 Å². The molecule has 1 aromatic carbocycles. The van der Waals surface area contributed by atoms with E-state index >= 15 is 0 Å². The van der Waals surface area contributed by atoms with Gasteiger partial charge < -0.3 is 20.1 Å². The number of nitrogens with one attached hydrogen (secondary N) is 2. The smallest absolute Gasteiger partial charge is 0.199 e. The van der Waals surface area contributed by atoms with Crippen molar-refractivity contribution in [2.75, 3.05) is 50.3 Å². The molecule has 0 aliphatic carbocycles. The average Bonchev–Trinajstić information content (AvgIpc) is 2.90. The van der Waals surface area contributed by atoms with Crippen molar-refractivity contribution in [3.63, 3.8) is 0 Å². The van der Waals surface area contributed by atoms with E-state index in [1.165, 1.54) is 19.2 Å². The Labute approximate surface area is 229 Å². The predicted molar refractivity (Wildman–Crippen MR) is 150 cm³/mol. The van der Waals surface area contributed by atoms with Gasteiger partial charge in [0.05, 0.1) is 23.3 Å². The van der Waals surface area contributed by atoms with E-state index in [2.05, 4.69) is 45.1 Å². The quantitative estimate of drug-likeness (QED) is 0.229. The van der Waals surface area contributed by atoms with E-state index < -0.39 is 19.7 Å². The van der Waals surface area contributed by atoms with Crippen LogP contribution in [0.1, 0.15) is 23.1 Å². The number of aromatic nitrogens is 1. The molecule has 1 heterocycles. The molecule has 0 amide bonds. The van der Waals surface area contributed by atoms with Crippen LogP contribution in [-0.4, -0.2) is 61.5 Å². The largest absolute Gasteiger partial charge is 0.494 e. The summed E-state index contributed by atoms with van der Waals surface area (Å²) < 4.78 is 58.7. The number of anilines is 2. The molecule has 0 bridgehead atoms. The van der Waals surface area contributed by atoms with Gasteiger partial charge in [-0.05, 0) is 31.9 Å². The fourth-order valence-electron chi connectivity index (χ4n) is 3.42. The van der Waals surface area contributed by atoms with Gasteiger partial charge in [0, 0.05) is 49.3 Å². The van der Waals surface area contributed by atoms with Crippen LogP contribution in [-0.2, 0) is 24.4 Å². The van der Waals surface area contributed by atoms with E-state index in [-0.39, 0.29) is 45.7 Å². The summed E-state index contributed by atoms with van der Waals surface area (Å²) in [6, 6.07) is 4.96. The summed E-state index contributed by atoms with van der Waals surface area (Å²) in [5.41, 5.74) is 1.57. The van der Waals surface area contributed by atoms with Gasteiger partial charge in [-0.2, -0.15) is 5.26 Å². The standard InChI is InChI=1S/C25H32N6O6S2/c1-7-38(32,33)13-11-28-24-19(16-26)18(4)23(25(29-24)27-10-9-12-36-5)31-30-20-14-17(3)22(15-21(20)37-6)39(34,35)8-2/h7-8,14-15H,1-2,9-13H2,3-6H3,(H2,27,28,29)/b31-30+. The first-order valence-corrected chi connectivity index (χ1v) is 14.9. The fourth-order valence-corrected chi connectivity index (χ4v) is 4.93. The Bertz CT molecular complexity index is 1510. The van der Waals surface area contributed by atoms with Crippen LogP contribution in [0.3, 0.4) is 0 Å². The summed E-state index contributed by atoms with van der Waals surface area (Å²) in [6.45, 7) is 10.9.